The molecule has 2 aliphatic heterocycles. The molecule has 2 aliphatic rings. The van der Waals surface area contributed by atoms with Crippen molar-refractivity contribution in [2.24, 2.45) is 16.8 Å². The summed E-state index contributed by atoms with van der Waals surface area (Å²) in [5.74, 6) is 2.53. The van der Waals surface area contributed by atoms with Gasteiger partial charge in [0.25, 0.3) is 0 Å². The maximum atomic E-state index is 5.54. The average Bonchev–Trinajstić information content (AvgIpc) is 2.71. The van der Waals surface area contributed by atoms with Crippen molar-refractivity contribution in [3.63, 3.8) is 0 Å². The minimum atomic E-state index is 0. The molecule has 0 spiro atoms. The van der Waals surface area contributed by atoms with E-state index >= 15 is 0 Å². The number of rotatable bonds is 10. The molecule has 2 saturated heterocycles. The fourth-order valence-corrected chi connectivity index (χ4v) is 4.35. The van der Waals surface area contributed by atoms with E-state index in [-0.39, 0.29) is 24.0 Å². The quantitative estimate of drug-likeness (QED) is 0.262. The van der Waals surface area contributed by atoms with E-state index in [0.717, 1.165) is 57.8 Å². The molecule has 172 valence electrons. The highest BCUT2D eigenvalue weighted by Crippen LogP contribution is 2.19. The lowest BCUT2D eigenvalue weighted by Gasteiger charge is -2.34. The van der Waals surface area contributed by atoms with Crippen molar-refractivity contribution >= 4 is 29.9 Å². The summed E-state index contributed by atoms with van der Waals surface area (Å²) in [5.41, 5.74) is 0. The third kappa shape index (κ3) is 10.6. The highest BCUT2D eigenvalue weighted by molar-refractivity contribution is 14.0. The molecule has 0 radical (unpaired) electrons. The van der Waals surface area contributed by atoms with Gasteiger partial charge in [-0.3, -0.25) is 9.89 Å². The van der Waals surface area contributed by atoms with Gasteiger partial charge in [-0.2, -0.15) is 0 Å². The summed E-state index contributed by atoms with van der Waals surface area (Å²) < 4.78 is 5.54. The van der Waals surface area contributed by atoms with Crippen LogP contribution in [-0.2, 0) is 4.74 Å². The van der Waals surface area contributed by atoms with Gasteiger partial charge in [-0.15, -0.1) is 24.0 Å². The lowest BCUT2D eigenvalue weighted by molar-refractivity contribution is 0.0143. The third-order valence-corrected chi connectivity index (χ3v) is 6.11. The molecular weight excluding hydrogens is 477 g/mol. The summed E-state index contributed by atoms with van der Waals surface area (Å²) in [5, 5.41) is 7.02. The van der Waals surface area contributed by atoms with Crippen LogP contribution in [0.1, 0.15) is 53.4 Å². The predicted octanol–water partition coefficient (Wildman–Crippen LogP) is 3.03. The first-order valence-corrected chi connectivity index (χ1v) is 11.7. The number of nitrogens with one attached hydrogen (secondary N) is 2. The number of likely N-dealkylation sites (tertiary alicyclic amines) is 1. The summed E-state index contributed by atoms with van der Waals surface area (Å²) in [7, 11) is 0. The van der Waals surface area contributed by atoms with E-state index in [2.05, 4.69) is 48.1 Å². The number of hydrogen-bond donors (Lipinski definition) is 2. The van der Waals surface area contributed by atoms with Crippen molar-refractivity contribution in [2.75, 3.05) is 65.6 Å². The smallest absolute Gasteiger partial charge is 0.191 e. The van der Waals surface area contributed by atoms with Gasteiger partial charge >= 0.3 is 0 Å². The second-order valence-corrected chi connectivity index (χ2v) is 8.74. The van der Waals surface area contributed by atoms with Gasteiger partial charge in [0, 0.05) is 32.2 Å². The van der Waals surface area contributed by atoms with Gasteiger partial charge in [-0.1, -0.05) is 20.8 Å². The monoisotopic (exact) mass is 523 g/mol. The van der Waals surface area contributed by atoms with Gasteiger partial charge in [0.2, 0.25) is 0 Å². The minimum Gasteiger partial charge on any atom is -0.379 e. The predicted molar refractivity (Wildman–Crippen MR) is 134 cm³/mol. The van der Waals surface area contributed by atoms with E-state index in [4.69, 9.17) is 9.73 Å². The first kappa shape index (κ1) is 26.9. The van der Waals surface area contributed by atoms with E-state index in [1.54, 1.807) is 0 Å². The van der Waals surface area contributed by atoms with Crippen LogP contribution in [0.3, 0.4) is 0 Å². The Labute approximate surface area is 196 Å². The summed E-state index contributed by atoms with van der Waals surface area (Å²) in [6.07, 6.45) is 5.13. The lowest BCUT2D eigenvalue weighted by Crippen LogP contribution is -2.46. The molecule has 0 saturated carbocycles. The summed E-state index contributed by atoms with van der Waals surface area (Å²) >= 11 is 0. The van der Waals surface area contributed by atoms with Crippen LogP contribution in [0.25, 0.3) is 0 Å². The molecule has 0 aliphatic carbocycles. The van der Waals surface area contributed by atoms with Gasteiger partial charge in [0.05, 0.1) is 19.8 Å². The number of morpholine rings is 1. The van der Waals surface area contributed by atoms with Crippen LogP contribution in [0.2, 0.25) is 0 Å². The van der Waals surface area contributed by atoms with Crippen molar-refractivity contribution in [3.05, 3.63) is 0 Å². The molecule has 2 fully saturated rings. The zero-order valence-electron chi connectivity index (χ0n) is 19.3. The Hall–Kier alpha value is -0.120. The zero-order valence-corrected chi connectivity index (χ0v) is 21.6. The highest BCUT2D eigenvalue weighted by Gasteiger charge is 2.22. The van der Waals surface area contributed by atoms with Crippen LogP contribution in [0.15, 0.2) is 4.99 Å². The second-order valence-electron chi connectivity index (χ2n) is 8.74. The zero-order chi connectivity index (χ0) is 20.2. The molecule has 1 atom stereocenters. The molecule has 0 aromatic rings. The molecule has 0 bridgehead atoms. The summed E-state index contributed by atoms with van der Waals surface area (Å²) in [4.78, 5) is 10.1. The number of aliphatic imine (C=N–C) groups is 1. The maximum Gasteiger partial charge on any atom is 0.191 e. The maximum absolute atomic E-state index is 5.54. The highest BCUT2D eigenvalue weighted by atomic mass is 127. The topological polar surface area (TPSA) is 52.1 Å². The van der Waals surface area contributed by atoms with Crippen LogP contribution in [0.4, 0.5) is 0 Å². The number of halogens is 1. The Morgan fingerprint density at radius 1 is 1.07 bits per heavy atom. The van der Waals surface area contributed by atoms with Gasteiger partial charge in [-0.25, -0.2) is 0 Å². The standard InChI is InChI=1S/C22H45N5O.HI/c1-5-23-22(24-10-7-20-8-11-26(6-2)12-9-20)25-18-21(17-19(3)4)27-13-15-28-16-14-27;/h19-21H,5-18H2,1-4H3,(H2,23,24,25);1H. The van der Waals surface area contributed by atoms with Crippen molar-refractivity contribution in [3.8, 4) is 0 Å². The minimum absolute atomic E-state index is 0. The average molecular weight is 524 g/mol. The Kier molecular flexibility index (Phi) is 14.5. The first-order chi connectivity index (χ1) is 13.6. The molecule has 29 heavy (non-hydrogen) atoms. The number of guanidine groups is 1. The lowest BCUT2D eigenvalue weighted by atomic mass is 9.93. The Bertz CT molecular complexity index is 435. The van der Waals surface area contributed by atoms with E-state index in [0.29, 0.717) is 12.0 Å². The van der Waals surface area contributed by atoms with Crippen molar-refractivity contribution < 1.29 is 4.74 Å². The van der Waals surface area contributed by atoms with Crippen LogP contribution < -0.4 is 10.6 Å². The second kappa shape index (κ2) is 15.6. The molecular formula is C22H46IN5O. The molecule has 2 rings (SSSR count). The number of ether oxygens (including phenoxy) is 1. The van der Waals surface area contributed by atoms with Crippen molar-refractivity contribution in [1.29, 1.82) is 0 Å². The summed E-state index contributed by atoms with van der Waals surface area (Å²) in [6.45, 7) is 19.3. The molecule has 7 heteroatoms. The SMILES string of the molecule is CCNC(=NCC(CC(C)C)N1CCOCC1)NCCC1CCN(CC)CC1.I. The van der Waals surface area contributed by atoms with E-state index < -0.39 is 0 Å². The van der Waals surface area contributed by atoms with Crippen LogP contribution in [-0.4, -0.2) is 87.4 Å². The summed E-state index contributed by atoms with van der Waals surface area (Å²) in [6, 6.07) is 0.512. The Balaban J connectivity index is 0.00000420. The van der Waals surface area contributed by atoms with E-state index in [1.807, 2.05) is 0 Å². The molecule has 2 heterocycles. The van der Waals surface area contributed by atoms with Gasteiger partial charge in [0.1, 0.15) is 0 Å². The number of nitrogens with zero attached hydrogens (tertiary/aromatic N) is 3. The van der Waals surface area contributed by atoms with Crippen LogP contribution in [0, 0.1) is 11.8 Å². The Morgan fingerprint density at radius 3 is 2.34 bits per heavy atom. The van der Waals surface area contributed by atoms with Gasteiger partial charge < -0.3 is 20.3 Å². The molecule has 2 N–H and O–H groups in total. The number of piperidine rings is 1. The van der Waals surface area contributed by atoms with Crippen molar-refractivity contribution in [2.45, 2.75) is 59.4 Å². The first-order valence-electron chi connectivity index (χ1n) is 11.7. The van der Waals surface area contributed by atoms with Gasteiger partial charge in [-0.05, 0) is 64.1 Å². The molecule has 0 amide bonds. The fraction of sp³-hybridized carbons (Fsp3) is 0.955. The Morgan fingerprint density at radius 2 is 1.76 bits per heavy atom. The molecule has 0 aromatic carbocycles. The third-order valence-electron chi connectivity index (χ3n) is 6.11. The normalized spacial score (nSPS) is 21.1. The molecule has 0 aromatic heterocycles. The van der Waals surface area contributed by atoms with E-state index in [1.165, 1.54) is 45.3 Å². The van der Waals surface area contributed by atoms with Gasteiger partial charge in [0.15, 0.2) is 5.96 Å². The molecule has 1 unspecified atom stereocenters. The van der Waals surface area contributed by atoms with Crippen molar-refractivity contribution in [1.82, 2.24) is 20.4 Å². The van der Waals surface area contributed by atoms with Crippen LogP contribution in [0.5, 0.6) is 0 Å². The van der Waals surface area contributed by atoms with E-state index in [9.17, 15) is 0 Å². The van der Waals surface area contributed by atoms with Crippen LogP contribution >= 0.6 is 24.0 Å². The largest absolute Gasteiger partial charge is 0.379 e. The number of hydrogen-bond acceptors (Lipinski definition) is 4. The molecule has 6 nitrogen and oxygen atoms in total. The fourth-order valence-electron chi connectivity index (χ4n) is 4.35.